The number of halogens is 1. The van der Waals surface area contributed by atoms with Gasteiger partial charge in [-0.15, -0.1) is 0 Å². The van der Waals surface area contributed by atoms with Crippen molar-refractivity contribution in [2.75, 3.05) is 19.0 Å². The number of benzene rings is 1. The number of nitrogens with one attached hydrogen (secondary N) is 1. The van der Waals surface area contributed by atoms with Gasteiger partial charge < -0.3 is 4.90 Å². The van der Waals surface area contributed by atoms with Crippen LogP contribution < -0.4 is 10.2 Å². The van der Waals surface area contributed by atoms with Crippen molar-refractivity contribution in [3.05, 3.63) is 52.7 Å². The lowest BCUT2D eigenvalue weighted by atomic mass is 10.1. The summed E-state index contributed by atoms with van der Waals surface area (Å²) in [6, 6.07) is 6.65. The number of rotatable bonds is 3. The molecule has 1 heterocycles. The van der Waals surface area contributed by atoms with Crippen LogP contribution in [0.25, 0.3) is 0 Å². The Morgan fingerprint density at radius 1 is 1.26 bits per heavy atom. The first-order valence-electron chi connectivity index (χ1n) is 6.81. The molecule has 0 aliphatic carbocycles. The van der Waals surface area contributed by atoms with Crippen LogP contribution in [0.1, 0.15) is 6.92 Å². The summed E-state index contributed by atoms with van der Waals surface area (Å²) in [7, 11) is 3.72. The third-order valence-corrected chi connectivity index (χ3v) is 3.56. The molecule has 23 heavy (non-hydrogen) atoms. The van der Waals surface area contributed by atoms with Gasteiger partial charge in [-0.2, -0.15) is 0 Å². The topological polar surface area (TPSA) is 52.7 Å². The number of allylic oxidation sites excluding steroid dienone is 2. The summed E-state index contributed by atoms with van der Waals surface area (Å²) in [5.74, 6) is -0.968. The third kappa shape index (κ3) is 3.97. The minimum absolute atomic E-state index is 0.0316. The molecule has 0 bridgehead atoms. The molecule has 1 aliphatic heterocycles. The number of amides is 2. The highest BCUT2D eigenvalue weighted by atomic mass is 35.5. The van der Waals surface area contributed by atoms with E-state index in [2.05, 4.69) is 5.32 Å². The summed E-state index contributed by atoms with van der Waals surface area (Å²) in [5, 5.41) is 3.14. The first-order chi connectivity index (χ1) is 10.8. The molecule has 5 nitrogen and oxygen atoms in total. The SMILES string of the molecule is CC(=CN(C)C)C=C1C(=O)NC(=S)N(c2ccc(Cl)cc2)C1=O. The van der Waals surface area contributed by atoms with E-state index in [0.717, 1.165) is 5.57 Å². The highest BCUT2D eigenvalue weighted by Gasteiger charge is 2.34. The van der Waals surface area contributed by atoms with Crippen molar-refractivity contribution in [1.82, 2.24) is 10.2 Å². The molecule has 0 radical (unpaired) electrons. The van der Waals surface area contributed by atoms with Crippen LogP contribution in [-0.4, -0.2) is 35.9 Å². The van der Waals surface area contributed by atoms with Crippen LogP contribution in [0.4, 0.5) is 5.69 Å². The van der Waals surface area contributed by atoms with Gasteiger partial charge in [-0.1, -0.05) is 11.6 Å². The molecule has 2 amide bonds. The van der Waals surface area contributed by atoms with E-state index >= 15 is 0 Å². The van der Waals surface area contributed by atoms with E-state index in [-0.39, 0.29) is 10.7 Å². The average molecular weight is 350 g/mol. The number of hydrogen-bond donors (Lipinski definition) is 1. The van der Waals surface area contributed by atoms with E-state index in [1.165, 1.54) is 4.90 Å². The Morgan fingerprint density at radius 2 is 1.87 bits per heavy atom. The molecule has 0 unspecified atom stereocenters. The second-order valence-electron chi connectivity index (χ2n) is 5.27. The Morgan fingerprint density at radius 3 is 2.43 bits per heavy atom. The van der Waals surface area contributed by atoms with Crippen molar-refractivity contribution < 1.29 is 9.59 Å². The summed E-state index contributed by atoms with van der Waals surface area (Å²) >= 11 is 11.0. The molecule has 0 aromatic heterocycles. The lowest BCUT2D eigenvalue weighted by Gasteiger charge is -2.29. The van der Waals surface area contributed by atoms with E-state index in [0.29, 0.717) is 10.7 Å². The number of carbonyl (C=O) groups excluding carboxylic acids is 2. The van der Waals surface area contributed by atoms with Gasteiger partial charge in [0.1, 0.15) is 5.57 Å². The number of carbonyl (C=O) groups is 2. The van der Waals surface area contributed by atoms with Gasteiger partial charge in [0.2, 0.25) is 0 Å². The smallest absolute Gasteiger partial charge is 0.270 e. The molecule has 1 aromatic carbocycles. The Kier molecular flexibility index (Phi) is 5.18. The second kappa shape index (κ2) is 6.93. The highest BCUT2D eigenvalue weighted by molar-refractivity contribution is 7.80. The molecule has 1 N–H and O–H groups in total. The first-order valence-corrected chi connectivity index (χ1v) is 7.60. The van der Waals surface area contributed by atoms with E-state index < -0.39 is 11.8 Å². The van der Waals surface area contributed by atoms with E-state index in [9.17, 15) is 9.59 Å². The van der Waals surface area contributed by atoms with Crippen LogP contribution in [0.15, 0.2) is 47.7 Å². The molecule has 0 spiro atoms. The standard InChI is InChI=1S/C16H16ClN3O2S/c1-10(9-19(2)3)8-13-14(21)18-16(23)20(15(13)22)12-6-4-11(17)5-7-12/h4-9H,1-3H3,(H,18,21,23). The summed E-state index contributed by atoms with van der Waals surface area (Å²) in [4.78, 5) is 27.9. The first kappa shape index (κ1) is 17.2. The van der Waals surface area contributed by atoms with Crippen molar-refractivity contribution in [3.63, 3.8) is 0 Å². The van der Waals surface area contributed by atoms with Crippen LogP contribution in [0.5, 0.6) is 0 Å². The van der Waals surface area contributed by atoms with Gasteiger partial charge in [-0.25, -0.2) is 0 Å². The zero-order valence-corrected chi connectivity index (χ0v) is 14.5. The quantitative estimate of drug-likeness (QED) is 0.517. The minimum Gasteiger partial charge on any atom is -0.383 e. The van der Waals surface area contributed by atoms with Crippen molar-refractivity contribution in [1.29, 1.82) is 0 Å². The fraction of sp³-hybridized carbons (Fsp3) is 0.188. The summed E-state index contributed by atoms with van der Waals surface area (Å²) in [6.45, 7) is 1.81. The summed E-state index contributed by atoms with van der Waals surface area (Å²) in [5.41, 5.74) is 1.35. The Labute approximate surface area is 145 Å². The van der Waals surface area contributed by atoms with Crippen LogP contribution >= 0.6 is 23.8 Å². The maximum absolute atomic E-state index is 12.7. The normalized spacial score (nSPS) is 17.6. The molecule has 1 fully saturated rings. The van der Waals surface area contributed by atoms with Gasteiger partial charge in [0.25, 0.3) is 11.8 Å². The molecule has 7 heteroatoms. The molecule has 1 aromatic rings. The lowest BCUT2D eigenvalue weighted by Crippen LogP contribution is -2.54. The molecule has 0 atom stereocenters. The number of thiocarbonyl (C=S) groups is 1. The van der Waals surface area contributed by atoms with Gasteiger partial charge >= 0.3 is 0 Å². The Hall–Kier alpha value is -2.18. The molecule has 1 aliphatic rings. The van der Waals surface area contributed by atoms with Gasteiger partial charge in [0, 0.05) is 25.3 Å². The number of anilines is 1. The van der Waals surface area contributed by atoms with Crippen LogP contribution in [0, 0.1) is 0 Å². The van der Waals surface area contributed by atoms with Gasteiger partial charge in [0.05, 0.1) is 5.69 Å². The maximum Gasteiger partial charge on any atom is 0.270 e. The van der Waals surface area contributed by atoms with Crippen molar-refractivity contribution in [2.24, 2.45) is 0 Å². The van der Waals surface area contributed by atoms with E-state index in [4.69, 9.17) is 23.8 Å². The molecule has 120 valence electrons. The Bertz CT molecular complexity index is 723. The molecular formula is C16H16ClN3O2S. The van der Waals surface area contributed by atoms with Crippen molar-refractivity contribution in [2.45, 2.75) is 6.92 Å². The Balaban J connectivity index is 2.41. The van der Waals surface area contributed by atoms with Gasteiger partial charge in [-0.3, -0.25) is 19.8 Å². The van der Waals surface area contributed by atoms with Crippen molar-refractivity contribution >= 4 is 46.4 Å². The predicted molar refractivity (Wildman–Crippen MR) is 95.2 cm³/mol. The third-order valence-electron chi connectivity index (χ3n) is 3.02. The molecule has 2 rings (SSSR count). The average Bonchev–Trinajstić information content (AvgIpc) is 2.44. The zero-order valence-electron chi connectivity index (χ0n) is 13.0. The highest BCUT2D eigenvalue weighted by Crippen LogP contribution is 2.23. The molecular weight excluding hydrogens is 334 g/mol. The zero-order chi connectivity index (χ0) is 17.1. The van der Waals surface area contributed by atoms with E-state index in [1.807, 2.05) is 32.1 Å². The van der Waals surface area contributed by atoms with Gasteiger partial charge in [0.15, 0.2) is 5.11 Å². The molecule has 1 saturated heterocycles. The fourth-order valence-corrected chi connectivity index (χ4v) is 2.56. The monoisotopic (exact) mass is 349 g/mol. The molecule has 0 saturated carbocycles. The fourth-order valence-electron chi connectivity index (χ4n) is 2.15. The maximum atomic E-state index is 12.7. The van der Waals surface area contributed by atoms with Crippen LogP contribution in [0.3, 0.4) is 0 Å². The van der Waals surface area contributed by atoms with Crippen LogP contribution in [-0.2, 0) is 9.59 Å². The number of nitrogens with zero attached hydrogens (tertiary/aromatic N) is 2. The summed E-state index contributed by atoms with van der Waals surface area (Å²) < 4.78 is 0. The lowest BCUT2D eigenvalue weighted by molar-refractivity contribution is -0.122. The predicted octanol–water partition coefficient (Wildman–Crippen LogP) is 2.48. The largest absolute Gasteiger partial charge is 0.383 e. The van der Waals surface area contributed by atoms with Crippen molar-refractivity contribution in [3.8, 4) is 0 Å². The van der Waals surface area contributed by atoms with E-state index in [1.54, 1.807) is 30.3 Å². The summed E-state index contributed by atoms with van der Waals surface area (Å²) in [6.07, 6.45) is 3.36. The minimum atomic E-state index is -0.503. The van der Waals surface area contributed by atoms with Gasteiger partial charge in [-0.05, 0) is 55.1 Å². The number of hydrogen-bond acceptors (Lipinski definition) is 4. The second-order valence-corrected chi connectivity index (χ2v) is 6.09. The van der Waals surface area contributed by atoms with Crippen LogP contribution in [0.2, 0.25) is 5.02 Å².